The van der Waals surface area contributed by atoms with Gasteiger partial charge in [0, 0.05) is 23.1 Å². The van der Waals surface area contributed by atoms with Crippen LogP contribution in [0.15, 0.2) is 40.8 Å². The van der Waals surface area contributed by atoms with Crippen LogP contribution in [0.3, 0.4) is 0 Å². The van der Waals surface area contributed by atoms with Crippen LogP contribution in [0.5, 0.6) is 5.75 Å². The maximum absolute atomic E-state index is 12.6. The third kappa shape index (κ3) is 2.97. The maximum Gasteiger partial charge on any atom is 0.293 e. The van der Waals surface area contributed by atoms with Crippen molar-refractivity contribution >= 4 is 49.2 Å². The second-order valence-corrected chi connectivity index (χ2v) is 6.83. The van der Waals surface area contributed by atoms with E-state index in [1.165, 1.54) is 12.1 Å². The fraction of sp³-hybridized carbons (Fsp3) is 0.111. The Bertz CT molecular complexity index is 1210. The monoisotopic (exact) mass is 383 g/mol. The van der Waals surface area contributed by atoms with E-state index in [-0.39, 0.29) is 11.4 Å². The molecule has 136 valence electrons. The van der Waals surface area contributed by atoms with E-state index in [2.05, 4.69) is 10.3 Å². The zero-order chi connectivity index (χ0) is 19.1. The summed E-state index contributed by atoms with van der Waals surface area (Å²) < 4.78 is 11.5. The van der Waals surface area contributed by atoms with Crippen molar-refractivity contribution in [2.75, 3.05) is 12.4 Å². The van der Waals surface area contributed by atoms with E-state index < -0.39 is 10.8 Å². The summed E-state index contributed by atoms with van der Waals surface area (Å²) in [5, 5.41) is 14.7. The SMILES string of the molecule is COc1ccc2oc(C(=O)Nc3nc4ccc([N+](=O)[O-])cc4s3)c(C)c2c1. The van der Waals surface area contributed by atoms with Gasteiger partial charge in [0.2, 0.25) is 0 Å². The number of aromatic nitrogens is 1. The molecule has 0 unspecified atom stereocenters. The number of fused-ring (bicyclic) bond motifs is 2. The quantitative estimate of drug-likeness (QED) is 0.410. The van der Waals surface area contributed by atoms with Gasteiger partial charge >= 0.3 is 0 Å². The first-order chi connectivity index (χ1) is 13.0. The number of nitrogens with one attached hydrogen (secondary N) is 1. The van der Waals surface area contributed by atoms with Gasteiger partial charge in [-0.3, -0.25) is 20.2 Å². The number of benzene rings is 2. The highest BCUT2D eigenvalue weighted by atomic mass is 32.1. The Morgan fingerprint density at radius 2 is 2.11 bits per heavy atom. The Morgan fingerprint density at radius 3 is 2.85 bits per heavy atom. The number of furan rings is 1. The van der Waals surface area contributed by atoms with Crippen LogP contribution in [0.25, 0.3) is 21.2 Å². The summed E-state index contributed by atoms with van der Waals surface area (Å²) in [6.07, 6.45) is 0. The lowest BCUT2D eigenvalue weighted by Crippen LogP contribution is -2.11. The number of thiazole rings is 1. The summed E-state index contributed by atoms with van der Waals surface area (Å²) >= 11 is 1.16. The first kappa shape index (κ1) is 17.0. The summed E-state index contributed by atoms with van der Waals surface area (Å²) in [6, 6.07) is 9.67. The van der Waals surface area contributed by atoms with E-state index in [0.717, 1.165) is 16.7 Å². The fourth-order valence-electron chi connectivity index (χ4n) is 2.78. The Labute approximate surface area is 156 Å². The number of non-ortho nitro benzene ring substituents is 1. The predicted octanol–water partition coefficient (Wildman–Crippen LogP) is 4.52. The van der Waals surface area contributed by atoms with Crippen LogP contribution in [0.2, 0.25) is 0 Å². The Kier molecular flexibility index (Phi) is 4.00. The highest BCUT2D eigenvalue weighted by molar-refractivity contribution is 7.22. The number of ether oxygens (including phenoxy) is 1. The van der Waals surface area contributed by atoms with Crippen molar-refractivity contribution in [3.05, 3.63) is 57.8 Å². The van der Waals surface area contributed by atoms with Crippen molar-refractivity contribution in [2.24, 2.45) is 0 Å². The Hall–Kier alpha value is -3.46. The van der Waals surface area contributed by atoms with Gasteiger partial charge < -0.3 is 9.15 Å². The molecule has 0 spiro atoms. The van der Waals surface area contributed by atoms with Gasteiger partial charge in [-0.2, -0.15) is 0 Å². The van der Waals surface area contributed by atoms with Crippen molar-refractivity contribution in [1.29, 1.82) is 0 Å². The molecule has 0 aliphatic rings. The Morgan fingerprint density at radius 1 is 1.30 bits per heavy atom. The van der Waals surface area contributed by atoms with Crippen molar-refractivity contribution in [3.8, 4) is 5.75 Å². The Balaban J connectivity index is 1.65. The van der Waals surface area contributed by atoms with Crippen molar-refractivity contribution < 1.29 is 18.9 Å². The molecule has 0 aliphatic heterocycles. The van der Waals surface area contributed by atoms with Crippen LogP contribution in [0, 0.1) is 17.0 Å². The number of nitro benzene ring substituents is 1. The number of hydrogen-bond acceptors (Lipinski definition) is 7. The molecule has 0 bridgehead atoms. The van der Waals surface area contributed by atoms with E-state index >= 15 is 0 Å². The molecule has 0 aliphatic carbocycles. The van der Waals surface area contributed by atoms with E-state index in [1.807, 2.05) is 6.07 Å². The summed E-state index contributed by atoms with van der Waals surface area (Å²) in [5.74, 6) is 0.422. The number of amides is 1. The summed E-state index contributed by atoms with van der Waals surface area (Å²) in [5.41, 5.74) is 1.83. The van der Waals surface area contributed by atoms with Gasteiger partial charge in [0.25, 0.3) is 11.6 Å². The van der Waals surface area contributed by atoms with Gasteiger partial charge in [-0.1, -0.05) is 11.3 Å². The molecule has 8 nitrogen and oxygen atoms in total. The number of nitro groups is 1. The number of nitrogens with zero attached hydrogens (tertiary/aromatic N) is 2. The van der Waals surface area contributed by atoms with E-state index in [9.17, 15) is 14.9 Å². The number of carbonyl (C=O) groups excluding carboxylic acids is 1. The van der Waals surface area contributed by atoms with Crippen LogP contribution in [-0.2, 0) is 0 Å². The molecule has 4 rings (SSSR count). The molecule has 0 atom stereocenters. The second-order valence-electron chi connectivity index (χ2n) is 5.80. The summed E-state index contributed by atoms with van der Waals surface area (Å²) in [7, 11) is 1.57. The number of hydrogen-bond donors (Lipinski definition) is 1. The molecule has 0 saturated heterocycles. The largest absolute Gasteiger partial charge is 0.497 e. The topological polar surface area (TPSA) is 108 Å². The first-order valence-corrected chi connectivity index (χ1v) is 8.71. The molecule has 4 aromatic rings. The fourth-order valence-corrected chi connectivity index (χ4v) is 3.67. The van der Waals surface area contributed by atoms with Gasteiger partial charge in [-0.05, 0) is 31.2 Å². The minimum atomic E-state index is -0.469. The van der Waals surface area contributed by atoms with Crippen molar-refractivity contribution in [2.45, 2.75) is 6.92 Å². The minimum absolute atomic E-state index is 0.0221. The van der Waals surface area contributed by atoms with Crippen LogP contribution in [-0.4, -0.2) is 22.9 Å². The number of aryl methyl sites for hydroxylation is 1. The van der Waals surface area contributed by atoms with Crippen LogP contribution >= 0.6 is 11.3 Å². The van der Waals surface area contributed by atoms with Crippen LogP contribution < -0.4 is 10.1 Å². The summed E-state index contributed by atoms with van der Waals surface area (Å²) in [4.78, 5) is 27.3. The molecule has 2 heterocycles. The van der Waals surface area contributed by atoms with E-state index in [1.54, 1.807) is 32.2 Å². The van der Waals surface area contributed by atoms with Crippen LogP contribution in [0.1, 0.15) is 16.1 Å². The molecular formula is C18H13N3O5S. The second kappa shape index (κ2) is 6.36. The third-order valence-electron chi connectivity index (χ3n) is 4.15. The smallest absolute Gasteiger partial charge is 0.293 e. The first-order valence-electron chi connectivity index (χ1n) is 7.90. The zero-order valence-electron chi connectivity index (χ0n) is 14.3. The lowest BCUT2D eigenvalue weighted by atomic mass is 10.1. The molecule has 1 amide bonds. The van der Waals surface area contributed by atoms with Gasteiger partial charge in [0.1, 0.15) is 11.3 Å². The van der Waals surface area contributed by atoms with Crippen LogP contribution in [0.4, 0.5) is 10.8 Å². The highest BCUT2D eigenvalue weighted by Gasteiger charge is 2.20. The lowest BCUT2D eigenvalue weighted by Gasteiger charge is -1.99. The van der Waals surface area contributed by atoms with Gasteiger partial charge in [0.05, 0.1) is 22.2 Å². The van der Waals surface area contributed by atoms with Crippen molar-refractivity contribution in [3.63, 3.8) is 0 Å². The highest BCUT2D eigenvalue weighted by Crippen LogP contribution is 2.32. The minimum Gasteiger partial charge on any atom is -0.497 e. The van der Waals surface area contributed by atoms with E-state index in [4.69, 9.17) is 9.15 Å². The summed E-state index contributed by atoms with van der Waals surface area (Å²) in [6.45, 7) is 1.79. The number of anilines is 1. The number of rotatable bonds is 4. The number of carbonyl (C=O) groups is 1. The number of methoxy groups -OCH3 is 1. The molecule has 2 aromatic heterocycles. The van der Waals surface area contributed by atoms with Gasteiger partial charge in [-0.25, -0.2) is 4.98 Å². The average molecular weight is 383 g/mol. The van der Waals surface area contributed by atoms with Crippen molar-refractivity contribution in [1.82, 2.24) is 4.98 Å². The third-order valence-corrected chi connectivity index (χ3v) is 5.09. The standard InChI is InChI=1S/C18H13N3O5S/c1-9-12-8-11(25-2)4-6-14(12)26-16(9)17(22)20-18-19-13-5-3-10(21(23)24)7-15(13)27-18/h3-8H,1-2H3,(H,19,20,22). The molecule has 9 heteroatoms. The molecular weight excluding hydrogens is 370 g/mol. The van der Waals surface area contributed by atoms with E-state index in [0.29, 0.717) is 32.2 Å². The lowest BCUT2D eigenvalue weighted by molar-refractivity contribution is -0.384. The normalized spacial score (nSPS) is 11.0. The average Bonchev–Trinajstić information content (AvgIpc) is 3.21. The molecule has 2 aromatic carbocycles. The van der Waals surface area contributed by atoms with Gasteiger partial charge in [0.15, 0.2) is 10.9 Å². The molecule has 0 saturated carbocycles. The van der Waals surface area contributed by atoms with Gasteiger partial charge in [-0.15, -0.1) is 0 Å². The maximum atomic E-state index is 12.6. The zero-order valence-corrected chi connectivity index (χ0v) is 15.1. The predicted molar refractivity (Wildman–Crippen MR) is 102 cm³/mol. The molecule has 27 heavy (non-hydrogen) atoms. The molecule has 0 fully saturated rings. The molecule has 0 radical (unpaired) electrons. The molecule has 1 N–H and O–H groups in total.